The third-order valence-electron chi connectivity index (χ3n) is 5.01. The number of benzene rings is 1. The van der Waals surface area contributed by atoms with Crippen molar-refractivity contribution in [2.45, 2.75) is 96.8 Å². The van der Waals surface area contributed by atoms with E-state index in [2.05, 4.69) is 19.1 Å². The zero-order valence-corrected chi connectivity index (χ0v) is 19.4. The summed E-state index contributed by atoms with van der Waals surface area (Å²) in [5.41, 5.74) is -0.0372. The highest BCUT2D eigenvalue weighted by Crippen LogP contribution is 2.10. The van der Waals surface area contributed by atoms with Crippen LogP contribution in [0.3, 0.4) is 0 Å². The summed E-state index contributed by atoms with van der Waals surface area (Å²) in [5.74, 6) is -2.92. The summed E-state index contributed by atoms with van der Waals surface area (Å²) in [6.45, 7) is 2.26. The first-order valence-electron chi connectivity index (χ1n) is 11.8. The summed E-state index contributed by atoms with van der Waals surface area (Å²) in [7, 11) is 0. The lowest BCUT2D eigenvalue weighted by Gasteiger charge is -1.99. The van der Waals surface area contributed by atoms with Crippen LogP contribution in [0.1, 0.15) is 118 Å². The molecule has 1 aromatic carbocycles. The van der Waals surface area contributed by atoms with E-state index in [9.17, 15) is 14.4 Å². The average Bonchev–Trinajstić information content (AvgIpc) is 2.76. The molecule has 1 aromatic rings. The number of hydrogen-bond acceptors (Lipinski definition) is 3. The minimum atomic E-state index is -1.13. The van der Waals surface area contributed by atoms with Crippen LogP contribution in [0.5, 0.6) is 0 Å². The molecule has 0 bridgehead atoms. The molecule has 6 heteroatoms. The maximum absolute atomic E-state index is 10.4. The van der Waals surface area contributed by atoms with Gasteiger partial charge >= 0.3 is 17.9 Å². The second-order valence-corrected chi connectivity index (χ2v) is 7.92. The third kappa shape index (κ3) is 18.2. The minimum Gasteiger partial charge on any atom is -0.481 e. The molecule has 0 aliphatic carbocycles. The standard InChI is InChI=1S/C18H34O2.C8H6O4/c1-2-3-4-5-6-7-8-9-10-11-12-13-14-15-16-17-18(19)20;9-7(10)5-2-1-3-6(4-5)8(11)12/h9-10H,2-8,11-17H2,1H3,(H,19,20);1-4H,(H,9,10)(H,11,12)/b10-9-;. The Labute approximate surface area is 192 Å². The molecule has 0 atom stereocenters. The summed E-state index contributed by atoms with van der Waals surface area (Å²) in [5, 5.41) is 25.5. The zero-order valence-electron chi connectivity index (χ0n) is 19.4. The van der Waals surface area contributed by atoms with Crippen LogP contribution in [0.15, 0.2) is 36.4 Å². The van der Waals surface area contributed by atoms with Crippen LogP contribution in [-0.4, -0.2) is 33.2 Å². The Kier molecular flexibility index (Phi) is 18.6. The van der Waals surface area contributed by atoms with Crippen LogP contribution in [0, 0.1) is 0 Å². The first-order valence-corrected chi connectivity index (χ1v) is 11.8. The molecule has 3 N–H and O–H groups in total. The van der Waals surface area contributed by atoms with Crippen molar-refractivity contribution in [2.75, 3.05) is 0 Å². The van der Waals surface area contributed by atoms with Gasteiger partial charge in [-0.3, -0.25) is 4.79 Å². The predicted molar refractivity (Wildman–Crippen MR) is 127 cm³/mol. The van der Waals surface area contributed by atoms with Crippen molar-refractivity contribution in [3.8, 4) is 0 Å². The number of hydrogen-bond donors (Lipinski definition) is 3. The van der Waals surface area contributed by atoms with Gasteiger partial charge in [0.15, 0.2) is 0 Å². The molecular formula is C26H40O6. The molecule has 0 spiro atoms. The van der Waals surface area contributed by atoms with Crippen molar-refractivity contribution >= 4 is 17.9 Å². The number of unbranched alkanes of at least 4 members (excludes halogenated alkanes) is 11. The number of carbonyl (C=O) groups is 3. The Hall–Kier alpha value is -2.63. The summed E-state index contributed by atoms with van der Waals surface area (Å²) in [6.07, 6.45) is 21.2. The molecule has 0 radical (unpaired) electrons. The molecule has 0 heterocycles. The van der Waals surface area contributed by atoms with E-state index in [0.29, 0.717) is 6.42 Å². The van der Waals surface area contributed by atoms with Gasteiger partial charge in [0.1, 0.15) is 0 Å². The van der Waals surface area contributed by atoms with E-state index < -0.39 is 17.9 Å². The van der Waals surface area contributed by atoms with E-state index in [0.717, 1.165) is 18.9 Å². The summed E-state index contributed by atoms with van der Waals surface area (Å²) in [6, 6.07) is 5.20. The van der Waals surface area contributed by atoms with Crippen molar-refractivity contribution in [3.63, 3.8) is 0 Å². The van der Waals surface area contributed by atoms with E-state index in [1.165, 1.54) is 88.8 Å². The molecule has 0 aromatic heterocycles. The molecular weight excluding hydrogens is 408 g/mol. The van der Waals surface area contributed by atoms with Gasteiger partial charge in [-0.2, -0.15) is 0 Å². The molecule has 0 fully saturated rings. The van der Waals surface area contributed by atoms with E-state index >= 15 is 0 Å². The third-order valence-corrected chi connectivity index (χ3v) is 5.01. The summed E-state index contributed by atoms with van der Waals surface area (Å²) >= 11 is 0. The summed E-state index contributed by atoms with van der Waals surface area (Å²) < 4.78 is 0. The fraction of sp³-hybridized carbons (Fsp3) is 0.577. The first kappa shape index (κ1) is 29.4. The highest BCUT2D eigenvalue weighted by Gasteiger charge is 2.06. The van der Waals surface area contributed by atoms with Crippen LogP contribution in [0.2, 0.25) is 0 Å². The van der Waals surface area contributed by atoms with Gasteiger partial charge in [-0.15, -0.1) is 0 Å². The van der Waals surface area contributed by atoms with Crippen LogP contribution >= 0.6 is 0 Å². The van der Waals surface area contributed by atoms with Crippen LogP contribution in [0.25, 0.3) is 0 Å². The molecule has 0 aliphatic rings. The average molecular weight is 449 g/mol. The van der Waals surface area contributed by atoms with Crippen molar-refractivity contribution < 1.29 is 29.7 Å². The Bertz CT molecular complexity index is 651. The minimum absolute atomic E-state index is 0.0186. The number of carboxylic acid groups (broad SMARTS) is 3. The lowest BCUT2D eigenvalue weighted by atomic mass is 10.1. The van der Waals surface area contributed by atoms with Gasteiger partial charge < -0.3 is 15.3 Å². The molecule has 0 unspecified atom stereocenters. The van der Waals surface area contributed by atoms with E-state index in [1.54, 1.807) is 0 Å². The van der Waals surface area contributed by atoms with Crippen molar-refractivity contribution in [3.05, 3.63) is 47.5 Å². The second kappa shape index (κ2) is 20.3. The van der Waals surface area contributed by atoms with Gasteiger partial charge in [-0.1, -0.05) is 76.5 Å². The Morgan fingerprint density at radius 2 is 1.12 bits per heavy atom. The Morgan fingerprint density at radius 3 is 1.56 bits per heavy atom. The van der Waals surface area contributed by atoms with Crippen molar-refractivity contribution in [1.82, 2.24) is 0 Å². The van der Waals surface area contributed by atoms with Gasteiger partial charge in [0.2, 0.25) is 0 Å². The van der Waals surface area contributed by atoms with Gasteiger partial charge in [0.05, 0.1) is 11.1 Å². The number of rotatable bonds is 17. The van der Waals surface area contributed by atoms with Gasteiger partial charge in [-0.05, 0) is 50.3 Å². The maximum atomic E-state index is 10.4. The lowest BCUT2D eigenvalue weighted by molar-refractivity contribution is -0.137. The van der Waals surface area contributed by atoms with E-state index in [1.807, 2.05) is 0 Å². The molecule has 32 heavy (non-hydrogen) atoms. The molecule has 1 rings (SSSR count). The van der Waals surface area contributed by atoms with Gasteiger partial charge in [0.25, 0.3) is 0 Å². The number of aliphatic carboxylic acids is 1. The molecule has 180 valence electrons. The number of allylic oxidation sites excluding steroid dienone is 2. The Morgan fingerprint density at radius 1 is 0.688 bits per heavy atom. The molecule has 0 aliphatic heterocycles. The van der Waals surface area contributed by atoms with Crippen LogP contribution < -0.4 is 0 Å². The fourth-order valence-corrected chi connectivity index (χ4v) is 3.13. The maximum Gasteiger partial charge on any atom is 0.335 e. The normalized spacial score (nSPS) is 10.5. The van der Waals surface area contributed by atoms with Crippen LogP contribution in [0.4, 0.5) is 0 Å². The molecule has 0 amide bonds. The number of carboxylic acids is 3. The lowest BCUT2D eigenvalue weighted by Crippen LogP contribution is -2.01. The zero-order chi connectivity index (χ0) is 24.0. The second-order valence-electron chi connectivity index (χ2n) is 7.92. The predicted octanol–water partition coefficient (Wildman–Crippen LogP) is 7.19. The molecule has 0 saturated heterocycles. The van der Waals surface area contributed by atoms with E-state index in [4.69, 9.17) is 15.3 Å². The highest BCUT2D eigenvalue weighted by molar-refractivity contribution is 5.93. The van der Waals surface area contributed by atoms with Gasteiger partial charge in [-0.25, -0.2) is 9.59 Å². The smallest absolute Gasteiger partial charge is 0.335 e. The Balaban J connectivity index is 0.000000677. The molecule has 6 nitrogen and oxygen atoms in total. The number of aromatic carboxylic acids is 2. The summed E-state index contributed by atoms with van der Waals surface area (Å²) in [4.78, 5) is 31.1. The highest BCUT2D eigenvalue weighted by atomic mass is 16.4. The largest absolute Gasteiger partial charge is 0.481 e. The monoisotopic (exact) mass is 448 g/mol. The first-order chi connectivity index (χ1) is 15.4. The van der Waals surface area contributed by atoms with E-state index in [-0.39, 0.29) is 11.1 Å². The molecule has 0 saturated carbocycles. The quantitative estimate of drug-likeness (QED) is 0.172. The van der Waals surface area contributed by atoms with Crippen molar-refractivity contribution in [1.29, 1.82) is 0 Å². The van der Waals surface area contributed by atoms with Crippen LogP contribution in [-0.2, 0) is 4.79 Å². The SMILES string of the molecule is CCCCCCCC/C=C\CCCCCCCC(=O)O.O=C(O)c1cccc(C(=O)O)c1. The van der Waals surface area contributed by atoms with Crippen molar-refractivity contribution in [2.24, 2.45) is 0 Å². The van der Waals surface area contributed by atoms with Gasteiger partial charge in [0, 0.05) is 6.42 Å². The fourth-order valence-electron chi connectivity index (χ4n) is 3.13. The topological polar surface area (TPSA) is 112 Å².